The van der Waals surface area contributed by atoms with Gasteiger partial charge in [-0.3, -0.25) is 4.79 Å². The van der Waals surface area contributed by atoms with Crippen molar-refractivity contribution in [3.05, 3.63) is 0 Å². The second-order valence-corrected chi connectivity index (χ2v) is 6.04. The number of amides is 1. The van der Waals surface area contributed by atoms with Crippen molar-refractivity contribution in [2.75, 3.05) is 18.1 Å². The smallest absolute Gasteiger partial charge is 0.358 e. The highest BCUT2D eigenvalue weighted by Gasteiger charge is 2.82. The van der Waals surface area contributed by atoms with E-state index >= 15 is 0 Å². The molecule has 0 aromatic carbocycles. The van der Waals surface area contributed by atoms with Gasteiger partial charge in [-0.05, 0) is 5.75 Å². The molecule has 0 saturated heterocycles. The number of nitrogens with one attached hydrogen (secondary N) is 1. The molecule has 0 spiro atoms. The summed E-state index contributed by atoms with van der Waals surface area (Å²) in [7, 11) is 0. The average molecular weight is 415 g/mol. The number of alkyl halides is 11. The van der Waals surface area contributed by atoms with E-state index in [0.29, 0.717) is 18.2 Å². The number of carbonyl (C=O) groups is 1. The molecule has 0 aliphatic heterocycles. The summed E-state index contributed by atoms with van der Waals surface area (Å²) < 4.78 is 139. The number of rotatable bonds is 11. The summed E-state index contributed by atoms with van der Waals surface area (Å²) in [6.45, 7) is 0.0335. The lowest BCUT2D eigenvalue weighted by Gasteiger charge is -2.35. The number of thioether (sulfide) groups is 1. The molecule has 0 rings (SSSR count). The Morgan fingerprint density at radius 2 is 1.32 bits per heavy atom. The lowest BCUT2D eigenvalue weighted by Crippen LogP contribution is -2.61. The molecule has 0 atom stereocenters. The van der Waals surface area contributed by atoms with Gasteiger partial charge < -0.3 is 5.32 Å². The monoisotopic (exact) mass is 415 g/mol. The maximum atomic E-state index is 13.3. The third-order valence-electron chi connectivity index (χ3n) is 2.78. The molecule has 0 heterocycles. The van der Waals surface area contributed by atoms with Gasteiger partial charge in [0.15, 0.2) is 0 Å². The van der Waals surface area contributed by atoms with Gasteiger partial charge in [-0.2, -0.15) is 51.3 Å². The fraction of sp³-hybridized carbons (Fsp3) is 0.909. The van der Waals surface area contributed by atoms with Crippen molar-refractivity contribution >= 4 is 18.2 Å². The van der Waals surface area contributed by atoms with Gasteiger partial charge in [0, 0.05) is 18.7 Å². The Balaban J connectivity index is 4.94. The van der Waals surface area contributed by atoms with Crippen molar-refractivity contribution in [1.82, 2.24) is 5.32 Å². The van der Waals surface area contributed by atoms with Gasteiger partial charge in [0.1, 0.15) is 0 Å². The summed E-state index contributed by atoms with van der Waals surface area (Å²) in [6, 6.07) is 0. The third-order valence-corrected chi connectivity index (χ3v) is 3.76. The second-order valence-electron chi connectivity index (χ2n) is 4.82. The van der Waals surface area contributed by atoms with Crippen LogP contribution in [0.5, 0.6) is 0 Å². The van der Waals surface area contributed by atoms with E-state index in [4.69, 9.17) is 0 Å². The fourth-order valence-corrected chi connectivity index (χ4v) is 2.35. The van der Waals surface area contributed by atoms with Crippen LogP contribution in [-0.2, 0) is 4.79 Å². The molecule has 1 amide bonds. The predicted octanol–water partition coefficient (Wildman–Crippen LogP) is 4.35. The first-order valence-corrected chi connectivity index (χ1v) is 7.50. The Labute approximate surface area is 138 Å². The van der Waals surface area contributed by atoms with Gasteiger partial charge in [0.25, 0.3) is 5.92 Å². The fourth-order valence-electron chi connectivity index (χ4n) is 1.45. The minimum atomic E-state index is -7.19. The molecule has 0 unspecified atom stereocenters. The van der Waals surface area contributed by atoms with Crippen LogP contribution in [0.4, 0.5) is 48.3 Å². The van der Waals surface area contributed by atoms with E-state index < -0.39 is 48.5 Å². The number of hydrogen-bond acceptors (Lipinski definition) is 2. The molecule has 0 fully saturated rings. The molecular formula is C11H12F11NOS. The summed E-state index contributed by atoms with van der Waals surface area (Å²) in [4.78, 5) is 9.86. The second kappa shape index (κ2) is 8.16. The SMILES string of the molecule is O=CNCCSCCC(F)(F)CC(F)(F)C(F)(F)C(F)(F)C(F)(F)F. The first kappa shape index (κ1) is 24.1. The highest BCUT2D eigenvalue weighted by Crippen LogP contribution is 2.55. The lowest BCUT2D eigenvalue weighted by molar-refractivity contribution is -0.400. The molecule has 0 aromatic heterocycles. The van der Waals surface area contributed by atoms with E-state index in [9.17, 15) is 53.1 Å². The van der Waals surface area contributed by atoms with Crippen LogP contribution in [-0.4, -0.2) is 54.3 Å². The van der Waals surface area contributed by atoms with Gasteiger partial charge in [-0.1, -0.05) is 0 Å². The number of carbonyl (C=O) groups excluding carboxylic acids is 1. The zero-order chi connectivity index (χ0) is 20.2. The van der Waals surface area contributed by atoms with Crippen molar-refractivity contribution in [3.63, 3.8) is 0 Å². The molecule has 0 saturated carbocycles. The molecule has 25 heavy (non-hydrogen) atoms. The lowest BCUT2D eigenvalue weighted by atomic mass is 9.97. The average Bonchev–Trinajstić information content (AvgIpc) is 2.39. The highest BCUT2D eigenvalue weighted by molar-refractivity contribution is 7.99. The van der Waals surface area contributed by atoms with Crippen LogP contribution in [0.15, 0.2) is 0 Å². The van der Waals surface area contributed by atoms with Crippen molar-refractivity contribution in [2.24, 2.45) is 0 Å². The zero-order valence-electron chi connectivity index (χ0n) is 12.1. The van der Waals surface area contributed by atoms with Crippen molar-refractivity contribution in [1.29, 1.82) is 0 Å². The quantitative estimate of drug-likeness (QED) is 0.309. The van der Waals surface area contributed by atoms with Gasteiger partial charge in [-0.25, -0.2) is 8.78 Å². The molecule has 0 aliphatic rings. The Morgan fingerprint density at radius 1 is 0.800 bits per heavy atom. The van der Waals surface area contributed by atoms with E-state index in [1.165, 1.54) is 0 Å². The standard InChI is InChI=1S/C11H12F11NOS/c12-7(13,1-3-25-4-2-23-6-24)5-8(14,15)9(16,17)10(18,19)11(20,21)22/h6H,1-5H2,(H,23,24). The third kappa shape index (κ3) is 6.06. The Morgan fingerprint density at radius 3 is 1.76 bits per heavy atom. The van der Waals surface area contributed by atoms with Crippen LogP contribution < -0.4 is 5.32 Å². The van der Waals surface area contributed by atoms with Crippen molar-refractivity contribution < 1.29 is 53.1 Å². The molecule has 0 aliphatic carbocycles. The van der Waals surface area contributed by atoms with E-state index in [1.807, 2.05) is 0 Å². The summed E-state index contributed by atoms with van der Waals surface area (Å²) in [5.74, 6) is -25.7. The Bertz CT molecular complexity index is 438. The topological polar surface area (TPSA) is 29.1 Å². The summed E-state index contributed by atoms with van der Waals surface area (Å²) in [6.07, 6.45) is -11.4. The van der Waals surface area contributed by atoms with Crippen LogP contribution in [0.2, 0.25) is 0 Å². The molecule has 14 heteroatoms. The van der Waals surface area contributed by atoms with Crippen LogP contribution in [0.1, 0.15) is 12.8 Å². The summed E-state index contributed by atoms with van der Waals surface area (Å²) >= 11 is 0.701. The highest BCUT2D eigenvalue weighted by atomic mass is 32.2. The van der Waals surface area contributed by atoms with Crippen LogP contribution >= 0.6 is 11.8 Å². The molecule has 1 N–H and O–H groups in total. The van der Waals surface area contributed by atoms with Crippen molar-refractivity contribution in [3.8, 4) is 0 Å². The molecule has 0 radical (unpaired) electrons. The van der Waals surface area contributed by atoms with E-state index in [1.54, 1.807) is 0 Å². The van der Waals surface area contributed by atoms with E-state index in [0.717, 1.165) is 0 Å². The largest absolute Gasteiger partial charge is 0.460 e. The predicted molar refractivity (Wildman–Crippen MR) is 66.5 cm³/mol. The molecule has 0 aromatic rings. The Kier molecular flexibility index (Phi) is 7.85. The number of halogens is 11. The van der Waals surface area contributed by atoms with Crippen LogP contribution in [0.25, 0.3) is 0 Å². The minimum absolute atomic E-state index is 0.0335. The van der Waals surface area contributed by atoms with E-state index in [-0.39, 0.29) is 12.3 Å². The first-order valence-electron chi connectivity index (χ1n) is 6.34. The molecule has 150 valence electrons. The van der Waals surface area contributed by atoms with Gasteiger partial charge in [0.05, 0.1) is 6.42 Å². The van der Waals surface area contributed by atoms with Crippen LogP contribution in [0, 0.1) is 0 Å². The molecule has 0 bridgehead atoms. The minimum Gasteiger partial charge on any atom is -0.358 e. The van der Waals surface area contributed by atoms with Crippen molar-refractivity contribution in [2.45, 2.75) is 42.7 Å². The normalized spacial score (nSPS) is 14.5. The Hall–Kier alpha value is -0.950. The van der Waals surface area contributed by atoms with Gasteiger partial charge in [-0.15, -0.1) is 0 Å². The first-order chi connectivity index (χ1) is 11.0. The summed E-state index contributed by atoms with van der Waals surface area (Å²) in [5.41, 5.74) is 0. The molecule has 2 nitrogen and oxygen atoms in total. The maximum absolute atomic E-state index is 13.3. The van der Waals surface area contributed by atoms with E-state index in [2.05, 4.69) is 5.32 Å². The van der Waals surface area contributed by atoms with Crippen LogP contribution in [0.3, 0.4) is 0 Å². The zero-order valence-corrected chi connectivity index (χ0v) is 12.9. The van der Waals surface area contributed by atoms with Gasteiger partial charge >= 0.3 is 23.9 Å². The summed E-state index contributed by atoms with van der Waals surface area (Å²) in [5, 5.41) is 2.14. The number of hydrogen-bond donors (Lipinski definition) is 1. The maximum Gasteiger partial charge on any atom is 0.460 e. The molecular weight excluding hydrogens is 403 g/mol. The van der Waals surface area contributed by atoms with Gasteiger partial charge in [0.2, 0.25) is 6.41 Å².